The summed E-state index contributed by atoms with van der Waals surface area (Å²) >= 11 is 0. The van der Waals surface area contributed by atoms with Crippen LogP contribution in [0, 0.1) is 0 Å². The highest BCUT2D eigenvalue weighted by atomic mass is 15.0. The molecule has 0 aliphatic rings. The lowest BCUT2D eigenvalue weighted by Crippen LogP contribution is -2.33. The second-order valence-corrected chi connectivity index (χ2v) is 9.50. The lowest BCUT2D eigenvalue weighted by atomic mass is 9.83. The van der Waals surface area contributed by atoms with Crippen molar-refractivity contribution < 1.29 is 4.57 Å². The lowest BCUT2D eigenvalue weighted by molar-refractivity contribution is -0.537. The largest absolute Gasteiger partial charge is 0.220 e. The average Bonchev–Trinajstić information content (AvgIpc) is 2.91. The van der Waals surface area contributed by atoms with Gasteiger partial charge < -0.3 is 0 Å². The van der Waals surface area contributed by atoms with Crippen LogP contribution < -0.4 is 4.57 Å². The summed E-state index contributed by atoms with van der Waals surface area (Å²) in [6.07, 6.45) is 0. The van der Waals surface area contributed by atoms with Crippen LogP contribution in [-0.4, -0.2) is 0 Å². The van der Waals surface area contributed by atoms with Crippen LogP contribution in [0.3, 0.4) is 0 Å². The van der Waals surface area contributed by atoms with Crippen LogP contribution in [0.25, 0.3) is 81.4 Å². The zero-order chi connectivity index (χ0) is 22.0. The molecule has 9 aromatic rings. The van der Waals surface area contributed by atoms with Crippen molar-refractivity contribution in [2.24, 2.45) is 0 Å². The summed E-state index contributed by atoms with van der Waals surface area (Å²) in [6, 6.07) is 40.4. The molecule has 0 amide bonds. The molecule has 0 fully saturated rings. The molecule has 154 valence electrons. The first-order chi connectivity index (χ1) is 16.9. The van der Waals surface area contributed by atoms with Crippen LogP contribution in [0.5, 0.6) is 0 Å². The minimum Gasteiger partial charge on any atom is -0.153 e. The van der Waals surface area contributed by atoms with E-state index in [4.69, 9.17) is 0 Å². The van der Waals surface area contributed by atoms with E-state index in [-0.39, 0.29) is 0 Å². The van der Waals surface area contributed by atoms with E-state index in [2.05, 4.69) is 114 Å². The molecule has 34 heavy (non-hydrogen) atoms. The van der Waals surface area contributed by atoms with Crippen LogP contribution in [-0.2, 0) is 0 Å². The number of rotatable bonds is 1. The van der Waals surface area contributed by atoms with Gasteiger partial charge in [0.1, 0.15) is 0 Å². The molecule has 0 bridgehead atoms. The monoisotopic (exact) mass is 428 g/mol. The van der Waals surface area contributed by atoms with E-state index in [0.29, 0.717) is 0 Å². The molecule has 0 saturated carbocycles. The molecule has 0 aliphatic carbocycles. The Hall–Kier alpha value is -4.49. The molecule has 1 heteroatoms. The normalized spacial score (nSPS) is 12.7. The van der Waals surface area contributed by atoms with Crippen molar-refractivity contribution in [1.82, 2.24) is 0 Å². The van der Waals surface area contributed by atoms with Crippen LogP contribution in [0.2, 0.25) is 0 Å². The van der Waals surface area contributed by atoms with E-state index < -0.39 is 0 Å². The van der Waals surface area contributed by atoms with Gasteiger partial charge in [-0.3, -0.25) is 0 Å². The molecule has 9 rings (SSSR count). The molecular weight excluding hydrogens is 410 g/mol. The van der Waals surface area contributed by atoms with Gasteiger partial charge in [-0.2, -0.15) is 4.57 Å². The van der Waals surface area contributed by atoms with E-state index in [0.717, 1.165) is 0 Å². The third-order valence-electron chi connectivity index (χ3n) is 7.94. The van der Waals surface area contributed by atoms with Gasteiger partial charge in [-0.25, -0.2) is 0 Å². The predicted octanol–water partition coefficient (Wildman–Crippen LogP) is 8.35. The predicted molar refractivity (Wildman–Crippen MR) is 144 cm³/mol. The van der Waals surface area contributed by atoms with Crippen LogP contribution in [0.4, 0.5) is 0 Å². The molecule has 1 heterocycles. The molecule has 0 saturated heterocycles. The summed E-state index contributed by atoms with van der Waals surface area (Å²) in [7, 11) is 0. The Kier molecular flexibility index (Phi) is 2.86. The summed E-state index contributed by atoms with van der Waals surface area (Å²) < 4.78 is 2.47. The van der Waals surface area contributed by atoms with E-state index >= 15 is 0 Å². The SMILES string of the molecule is c1ccc(-[n+]2c3ccc4cccc5c6cccc7c8cccc9ccc2c(c98)c(c67)c3c45)cc1. The standard InChI is InChI=1S/C33H18N/c1-2-9-21(10-3-1)34-26-17-15-19-7-4-11-22-24-13-6-14-25-23-12-5-8-20-16-18-27(34)32(29(20)23)33(30(24)25)31(26)28(19)22/h1-18H/q+1. The molecule has 8 aromatic carbocycles. The number of para-hydroxylation sites is 1. The molecule has 1 aromatic heterocycles. The molecular formula is C33H18N+. The van der Waals surface area contributed by atoms with Gasteiger partial charge in [-0.15, -0.1) is 0 Å². The quantitative estimate of drug-likeness (QED) is 0.140. The Morgan fingerprint density at radius 1 is 0.324 bits per heavy atom. The number of aromatic nitrogens is 1. The van der Waals surface area contributed by atoms with Crippen molar-refractivity contribution in [3.05, 3.63) is 109 Å². The number of fused-ring (bicyclic) bond motifs is 2. The van der Waals surface area contributed by atoms with Crippen molar-refractivity contribution in [2.45, 2.75) is 0 Å². The fourth-order valence-corrected chi connectivity index (χ4v) is 6.69. The summed E-state index contributed by atoms with van der Waals surface area (Å²) in [5.74, 6) is 0. The van der Waals surface area contributed by atoms with E-state index in [1.807, 2.05) is 0 Å². The zero-order valence-electron chi connectivity index (χ0n) is 18.3. The third-order valence-corrected chi connectivity index (χ3v) is 7.94. The van der Waals surface area contributed by atoms with Crippen LogP contribution in [0.15, 0.2) is 109 Å². The van der Waals surface area contributed by atoms with Crippen molar-refractivity contribution in [3.63, 3.8) is 0 Å². The number of hydrogen-bond donors (Lipinski definition) is 0. The molecule has 0 atom stereocenters. The summed E-state index contributed by atoms with van der Waals surface area (Å²) in [5.41, 5.74) is 3.74. The van der Waals surface area contributed by atoms with Crippen molar-refractivity contribution in [2.75, 3.05) is 0 Å². The maximum atomic E-state index is 2.47. The fraction of sp³-hybridized carbons (Fsp3) is 0. The van der Waals surface area contributed by atoms with Crippen LogP contribution in [0.1, 0.15) is 0 Å². The minimum absolute atomic E-state index is 1.20. The topological polar surface area (TPSA) is 3.88 Å². The fourth-order valence-electron chi connectivity index (χ4n) is 6.69. The molecule has 0 unspecified atom stereocenters. The molecule has 1 nitrogen and oxygen atoms in total. The third kappa shape index (κ3) is 1.80. The van der Waals surface area contributed by atoms with Gasteiger partial charge in [-0.05, 0) is 49.8 Å². The highest BCUT2D eigenvalue weighted by Crippen LogP contribution is 2.49. The zero-order valence-corrected chi connectivity index (χ0v) is 18.3. The number of pyridine rings is 1. The van der Waals surface area contributed by atoms with Gasteiger partial charge in [0.2, 0.25) is 16.7 Å². The second-order valence-electron chi connectivity index (χ2n) is 9.50. The summed E-state index contributed by atoms with van der Waals surface area (Å²) in [5, 5.41) is 16.3. The minimum atomic E-state index is 1.20. The Labute approximate surface area is 195 Å². The first-order valence-electron chi connectivity index (χ1n) is 11.9. The number of nitrogens with zero attached hydrogens (tertiary/aromatic N) is 1. The summed E-state index contributed by atoms with van der Waals surface area (Å²) in [6.45, 7) is 0. The average molecular weight is 429 g/mol. The molecule has 0 aliphatic heterocycles. The first kappa shape index (κ1) is 17.0. The van der Waals surface area contributed by atoms with Gasteiger partial charge in [0.15, 0.2) is 0 Å². The van der Waals surface area contributed by atoms with Crippen molar-refractivity contribution in [3.8, 4) is 5.69 Å². The highest BCUT2D eigenvalue weighted by molar-refractivity contribution is 6.46. The number of hydrogen-bond acceptors (Lipinski definition) is 0. The Balaban J connectivity index is 1.78. The first-order valence-corrected chi connectivity index (χ1v) is 11.9. The van der Waals surface area contributed by atoms with E-state index in [9.17, 15) is 0 Å². The highest BCUT2D eigenvalue weighted by Gasteiger charge is 2.29. The van der Waals surface area contributed by atoms with Gasteiger partial charge in [0, 0.05) is 40.4 Å². The van der Waals surface area contributed by atoms with Gasteiger partial charge in [-0.1, -0.05) is 72.8 Å². The van der Waals surface area contributed by atoms with E-state index in [1.54, 1.807) is 0 Å². The molecule has 0 N–H and O–H groups in total. The van der Waals surface area contributed by atoms with Gasteiger partial charge >= 0.3 is 0 Å². The Morgan fingerprint density at radius 3 is 1.38 bits per heavy atom. The smallest absolute Gasteiger partial charge is 0.153 e. The maximum absolute atomic E-state index is 2.47. The number of benzene rings is 8. The Bertz CT molecular complexity index is 2070. The van der Waals surface area contributed by atoms with Gasteiger partial charge in [0.25, 0.3) is 0 Å². The maximum Gasteiger partial charge on any atom is 0.220 e. The van der Waals surface area contributed by atoms with Crippen molar-refractivity contribution >= 4 is 75.7 Å². The summed E-state index contributed by atoms with van der Waals surface area (Å²) in [4.78, 5) is 0. The second kappa shape index (κ2) is 5.70. The van der Waals surface area contributed by atoms with E-state index in [1.165, 1.54) is 81.4 Å². The van der Waals surface area contributed by atoms with Gasteiger partial charge in [0.05, 0.1) is 10.8 Å². The van der Waals surface area contributed by atoms with Crippen LogP contribution >= 0.6 is 0 Å². The van der Waals surface area contributed by atoms with Crippen molar-refractivity contribution in [1.29, 1.82) is 0 Å². The molecule has 0 spiro atoms. The Morgan fingerprint density at radius 2 is 0.824 bits per heavy atom. The molecule has 0 radical (unpaired) electrons. The lowest BCUT2D eigenvalue weighted by Gasteiger charge is -2.21.